The molecule has 1 aliphatic heterocycles. The van der Waals surface area contributed by atoms with Crippen molar-refractivity contribution < 1.29 is 14.2 Å². The topological polar surface area (TPSA) is 84.3 Å². The molecule has 2 aromatic carbocycles. The van der Waals surface area contributed by atoms with E-state index in [2.05, 4.69) is 4.98 Å². The van der Waals surface area contributed by atoms with Gasteiger partial charge in [0, 0.05) is 11.3 Å². The van der Waals surface area contributed by atoms with Crippen LogP contribution in [0.4, 0.5) is 0 Å². The smallest absolute Gasteiger partial charge is 0.266 e. The van der Waals surface area contributed by atoms with E-state index in [4.69, 9.17) is 14.2 Å². The van der Waals surface area contributed by atoms with E-state index < -0.39 is 5.56 Å². The highest BCUT2D eigenvalue weighted by molar-refractivity contribution is 5.77. The Balaban J connectivity index is 1.82. The van der Waals surface area contributed by atoms with Gasteiger partial charge in [0.05, 0.1) is 6.61 Å². The number of aromatic nitrogens is 1. The van der Waals surface area contributed by atoms with Crippen LogP contribution in [0.3, 0.4) is 0 Å². The molecule has 0 radical (unpaired) electrons. The SMILES string of the molecule is CCOc1ccc(-c2cc(-c3ccc4c(c3)OCO4)c(C#N)c(=O)[nH]2)cc1. The monoisotopic (exact) mass is 360 g/mol. The molecule has 3 aromatic rings. The van der Waals surface area contributed by atoms with Crippen LogP contribution in [0.5, 0.6) is 17.2 Å². The summed E-state index contributed by atoms with van der Waals surface area (Å²) in [4.78, 5) is 15.3. The van der Waals surface area contributed by atoms with Gasteiger partial charge >= 0.3 is 0 Å². The number of nitriles is 1. The van der Waals surface area contributed by atoms with Crippen LogP contribution >= 0.6 is 0 Å². The highest BCUT2D eigenvalue weighted by atomic mass is 16.7. The molecule has 0 saturated heterocycles. The van der Waals surface area contributed by atoms with E-state index in [0.29, 0.717) is 34.9 Å². The molecule has 1 aliphatic rings. The Bertz CT molecular complexity index is 1090. The number of aromatic amines is 1. The number of hydrogen-bond donors (Lipinski definition) is 1. The zero-order valence-corrected chi connectivity index (χ0v) is 14.6. The van der Waals surface area contributed by atoms with Gasteiger partial charge in [0.15, 0.2) is 11.5 Å². The summed E-state index contributed by atoms with van der Waals surface area (Å²) in [5.41, 5.74) is 2.33. The van der Waals surface area contributed by atoms with Crippen LogP contribution in [0.2, 0.25) is 0 Å². The Morgan fingerprint density at radius 3 is 2.56 bits per heavy atom. The lowest BCUT2D eigenvalue weighted by Crippen LogP contribution is -2.12. The van der Waals surface area contributed by atoms with Gasteiger partial charge in [-0.3, -0.25) is 4.79 Å². The van der Waals surface area contributed by atoms with Crippen LogP contribution in [0.15, 0.2) is 53.3 Å². The van der Waals surface area contributed by atoms with Crippen molar-refractivity contribution in [2.24, 2.45) is 0 Å². The van der Waals surface area contributed by atoms with Crippen molar-refractivity contribution in [3.05, 3.63) is 64.4 Å². The summed E-state index contributed by atoms with van der Waals surface area (Å²) in [7, 11) is 0. The maximum absolute atomic E-state index is 12.5. The van der Waals surface area contributed by atoms with Crippen molar-refractivity contribution >= 4 is 0 Å². The van der Waals surface area contributed by atoms with Gasteiger partial charge in [0.2, 0.25) is 6.79 Å². The van der Waals surface area contributed by atoms with Crippen molar-refractivity contribution in [2.75, 3.05) is 13.4 Å². The van der Waals surface area contributed by atoms with Gasteiger partial charge < -0.3 is 19.2 Å². The molecule has 0 unspecified atom stereocenters. The first-order valence-electron chi connectivity index (χ1n) is 8.50. The molecular formula is C21H16N2O4. The lowest BCUT2D eigenvalue weighted by Gasteiger charge is -2.10. The highest BCUT2D eigenvalue weighted by Gasteiger charge is 2.17. The Hall–Kier alpha value is -3.72. The molecule has 6 nitrogen and oxygen atoms in total. The number of rotatable bonds is 4. The van der Waals surface area contributed by atoms with Crippen molar-refractivity contribution in [2.45, 2.75) is 6.92 Å². The summed E-state index contributed by atoms with van der Waals surface area (Å²) in [6.45, 7) is 2.67. The molecular weight excluding hydrogens is 344 g/mol. The largest absolute Gasteiger partial charge is 0.494 e. The van der Waals surface area contributed by atoms with Gasteiger partial charge in [0.1, 0.15) is 17.4 Å². The number of H-pyrrole nitrogens is 1. The molecule has 4 rings (SSSR count). The number of ether oxygens (including phenoxy) is 3. The summed E-state index contributed by atoms with van der Waals surface area (Å²) >= 11 is 0. The van der Waals surface area contributed by atoms with E-state index in [1.807, 2.05) is 43.3 Å². The van der Waals surface area contributed by atoms with Gasteiger partial charge in [-0.05, 0) is 60.5 Å². The fourth-order valence-electron chi connectivity index (χ4n) is 3.02. The molecule has 2 heterocycles. The molecule has 1 aromatic heterocycles. The minimum absolute atomic E-state index is 0.0588. The van der Waals surface area contributed by atoms with E-state index in [1.165, 1.54) is 0 Å². The van der Waals surface area contributed by atoms with Crippen molar-refractivity contribution in [1.29, 1.82) is 5.26 Å². The standard InChI is InChI=1S/C21H16N2O4/c1-2-25-15-6-3-13(4-7-15)18-10-16(17(11-22)21(24)23-18)14-5-8-19-20(9-14)27-12-26-19/h3-10H,2,12H2,1H3,(H,23,24). The zero-order chi connectivity index (χ0) is 18.8. The van der Waals surface area contributed by atoms with Crippen molar-refractivity contribution in [1.82, 2.24) is 4.98 Å². The first-order chi connectivity index (χ1) is 13.2. The Morgan fingerprint density at radius 1 is 1.07 bits per heavy atom. The Morgan fingerprint density at radius 2 is 1.81 bits per heavy atom. The van der Waals surface area contributed by atoms with Crippen LogP contribution in [0.25, 0.3) is 22.4 Å². The first kappa shape index (κ1) is 16.7. The molecule has 0 saturated carbocycles. The van der Waals surface area contributed by atoms with Crippen LogP contribution in [-0.2, 0) is 0 Å². The van der Waals surface area contributed by atoms with Crippen LogP contribution < -0.4 is 19.8 Å². The van der Waals surface area contributed by atoms with E-state index in [0.717, 1.165) is 11.3 Å². The maximum atomic E-state index is 12.5. The Kier molecular flexibility index (Phi) is 4.27. The van der Waals surface area contributed by atoms with Gasteiger partial charge in [0.25, 0.3) is 5.56 Å². The number of nitrogens with zero attached hydrogens (tertiary/aromatic N) is 1. The van der Waals surface area contributed by atoms with Crippen LogP contribution in [0, 0.1) is 11.3 Å². The number of benzene rings is 2. The number of nitrogens with one attached hydrogen (secondary N) is 1. The van der Waals surface area contributed by atoms with Gasteiger partial charge in [-0.1, -0.05) is 6.07 Å². The predicted octanol–water partition coefficient (Wildman–Crippen LogP) is 3.71. The van der Waals surface area contributed by atoms with Gasteiger partial charge in [-0.15, -0.1) is 0 Å². The molecule has 0 fully saturated rings. The molecule has 134 valence electrons. The van der Waals surface area contributed by atoms with E-state index >= 15 is 0 Å². The molecule has 0 bridgehead atoms. The summed E-state index contributed by atoms with van der Waals surface area (Å²) in [5, 5.41) is 9.47. The second kappa shape index (κ2) is 6.89. The molecule has 1 N–H and O–H groups in total. The summed E-state index contributed by atoms with van der Waals surface area (Å²) in [5.74, 6) is 2.00. The summed E-state index contributed by atoms with van der Waals surface area (Å²) in [6.07, 6.45) is 0. The summed E-state index contributed by atoms with van der Waals surface area (Å²) < 4.78 is 16.2. The maximum Gasteiger partial charge on any atom is 0.266 e. The second-order valence-electron chi connectivity index (χ2n) is 5.94. The van der Waals surface area contributed by atoms with Gasteiger partial charge in [-0.25, -0.2) is 0 Å². The molecule has 6 heteroatoms. The average molecular weight is 360 g/mol. The average Bonchev–Trinajstić information content (AvgIpc) is 3.16. The predicted molar refractivity (Wildman–Crippen MR) is 99.9 cm³/mol. The third kappa shape index (κ3) is 3.11. The fourth-order valence-corrected chi connectivity index (χ4v) is 3.02. The second-order valence-corrected chi connectivity index (χ2v) is 5.94. The van der Waals surface area contributed by atoms with E-state index in [1.54, 1.807) is 18.2 Å². The van der Waals surface area contributed by atoms with Gasteiger partial charge in [-0.2, -0.15) is 5.26 Å². The van der Waals surface area contributed by atoms with E-state index in [-0.39, 0.29) is 12.4 Å². The number of hydrogen-bond acceptors (Lipinski definition) is 5. The first-order valence-corrected chi connectivity index (χ1v) is 8.50. The lowest BCUT2D eigenvalue weighted by atomic mass is 9.98. The molecule has 0 atom stereocenters. The lowest BCUT2D eigenvalue weighted by molar-refractivity contribution is 0.174. The number of pyridine rings is 1. The van der Waals surface area contributed by atoms with Crippen molar-refractivity contribution in [3.63, 3.8) is 0 Å². The minimum atomic E-state index is -0.434. The highest BCUT2D eigenvalue weighted by Crippen LogP contribution is 2.37. The molecule has 0 amide bonds. The quantitative estimate of drug-likeness (QED) is 0.767. The molecule has 27 heavy (non-hydrogen) atoms. The van der Waals surface area contributed by atoms with Crippen molar-refractivity contribution in [3.8, 4) is 45.7 Å². The van der Waals surface area contributed by atoms with Crippen LogP contribution in [0.1, 0.15) is 12.5 Å². The fraction of sp³-hybridized carbons (Fsp3) is 0.143. The number of fused-ring (bicyclic) bond motifs is 1. The minimum Gasteiger partial charge on any atom is -0.494 e. The molecule has 0 aliphatic carbocycles. The van der Waals surface area contributed by atoms with E-state index in [9.17, 15) is 10.1 Å². The molecule has 0 spiro atoms. The zero-order valence-electron chi connectivity index (χ0n) is 14.6. The Labute approximate surface area is 155 Å². The summed E-state index contributed by atoms with van der Waals surface area (Å²) in [6, 6.07) is 16.6. The third-order valence-electron chi connectivity index (χ3n) is 4.30. The normalized spacial score (nSPS) is 11.9. The van der Waals surface area contributed by atoms with Crippen LogP contribution in [-0.4, -0.2) is 18.4 Å². The third-order valence-corrected chi connectivity index (χ3v) is 4.30.